The molecule has 2 aliphatic heterocycles. The van der Waals surface area contributed by atoms with Gasteiger partial charge in [0.05, 0.1) is 5.60 Å². The van der Waals surface area contributed by atoms with Crippen LogP contribution in [0.2, 0.25) is 0 Å². The number of aliphatic hydroxyl groups is 1. The van der Waals surface area contributed by atoms with Crippen LogP contribution in [0.5, 0.6) is 0 Å². The maximum absolute atomic E-state index is 10.3. The maximum atomic E-state index is 10.3. The van der Waals surface area contributed by atoms with Crippen molar-refractivity contribution in [2.45, 2.75) is 55.1 Å². The van der Waals surface area contributed by atoms with Crippen molar-refractivity contribution >= 4 is 11.8 Å². The Labute approximate surface area is 84.3 Å². The molecule has 2 unspecified atom stereocenters. The lowest BCUT2D eigenvalue weighted by molar-refractivity contribution is 0.0289. The summed E-state index contributed by atoms with van der Waals surface area (Å²) in [7, 11) is 0. The van der Waals surface area contributed by atoms with E-state index in [0.29, 0.717) is 16.9 Å². The molecule has 0 aromatic rings. The number of fused-ring (bicyclic) bond motifs is 2. The topological polar surface area (TPSA) is 20.2 Å². The number of rotatable bonds is 1. The lowest BCUT2D eigenvalue weighted by Gasteiger charge is -2.34. The third-order valence-corrected chi connectivity index (χ3v) is 4.58. The SMILES string of the molecule is CC#CCC1(O)CC2CCC(C1)S2. The predicted octanol–water partition coefficient (Wildman–Crippen LogP) is 2.19. The highest BCUT2D eigenvalue weighted by Gasteiger charge is 2.42. The Kier molecular flexibility index (Phi) is 2.58. The van der Waals surface area contributed by atoms with Crippen molar-refractivity contribution in [1.29, 1.82) is 0 Å². The van der Waals surface area contributed by atoms with E-state index >= 15 is 0 Å². The molecule has 2 heteroatoms. The molecule has 13 heavy (non-hydrogen) atoms. The second kappa shape index (κ2) is 3.55. The molecule has 0 radical (unpaired) electrons. The fourth-order valence-corrected chi connectivity index (χ4v) is 4.31. The summed E-state index contributed by atoms with van der Waals surface area (Å²) in [5.41, 5.74) is -0.458. The standard InChI is InChI=1S/C11H16OS/c1-2-3-6-11(12)7-9-4-5-10(8-11)13-9/h9-10,12H,4-8H2,1H3. The Morgan fingerprint density at radius 2 is 2.00 bits per heavy atom. The zero-order valence-corrected chi connectivity index (χ0v) is 8.86. The fourth-order valence-electron chi connectivity index (χ4n) is 2.41. The van der Waals surface area contributed by atoms with Crippen molar-refractivity contribution in [3.8, 4) is 11.8 Å². The highest BCUT2D eigenvalue weighted by molar-refractivity contribution is 8.00. The fraction of sp³-hybridized carbons (Fsp3) is 0.818. The molecule has 1 N–H and O–H groups in total. The van der Waals surface area contributed by atoms with Gasteiger partial charge < -0.3 is 5.11 Å². The first kappa shape index (κ1) is 9.43. The third kappa shape index (κ3) is 2.03. The molecule has 0 amide bonds. The van der Waals surface area contributed by atoms with E-state index in [0.717, 1.165) is 12.8 Å². The van der Waals surface area contributed by atoms with Crippen LogP contribution in [0.25, 0.3) is 0 Å². The lowest BCUT2D eigenvalue weighted by atomic mass is 9.90. The van der Waals surface area contributed by atoms with Crippen molar-refractivity contribution in [2.24, 2.45) is 0 Å². The van der Waals surface area contributed by atoms with E-state index in [1.807, 2.05) is 6.92 Å². The van der Waals surface area contributed by atoms with Crippen LogP contribution in [0.1, 0.15) is 39.0 Å². The summed E-state index contributed by atoms with van der Waals surface area (Å²) in [4.78, 5) is 0. The van der Waals surface area contributed by atoms with Gasteiger partial charge in [0.25, 0.3) is 0 Å². The Balaban J connectivity index is 2.02. The molecule has 0 spiro atoms. The second-order valence-electron chi connectivity index (χ2n) is 4.19. The van der Waals surface area contributed by atoms with Crippen LogP contribution in [0, 0.1) is 11.8 Å². The number of hydrogen-bond acceptors (Lipinski definition) is 2. The van der Waals surface area contributed by atoms with Crippen LogP contribution in [0.4, 0.5) is 0 Å². The first-order chi connectivity index (χ1) is 6.22. The van der Waals surface area contributed by atoms with Gasteiger partial charge in [-0.3, -0.25) is 0 Å². The van der Waals surface area contributed by atoms with E-state index in [-0.39, 0.29) is 0 Å². The predicted molar refractivity (Wildman–Crippen MR) is 56.7 cm³/mol. The van der Waals surface area contributed by atoms with E-state index in [1.54, 1.807) is 0 Å². The molecule has 0 aromatic carbocycles. The molecule has 2 rings (SSSR count). The second-order valence-corrected chi connectivity index (χ2v) is 5.80. The molecular weight excluding hydrogens is 180 g/mol. The molecule has 2 saturated heterocycles. The molecule has 2 heterocycles. The van der Waals surface area contributed by atoms with Crippen LogP contribution >= 0.6 is 11.8 Å². The molecule has 0 aliphatic carbocycles. The zero-order chi connectivity index (χ0) is 9.31. The molecule has 72 valence electrons. The molecule has 2 aliphatic rings. The van der Waals surface area contributed by atoms with E-state index in [9.17, 15) is 5.11 Å². The van der Waals surface area contributed by atoms with E-state index in [2.05, 4.69) is 23.6 Å². The van der Waals surface area contributed by atoms with Crippen LogP contribution in [0.3, 0.4) is 0 Å². The molecule has 1 nitrogen and oxygen atoms in total. The van der Waals surface area contributed by atoms with Crippen molar-refractivity contribution < 1.29 is 5.11 Å². The van der Waals surface area contributed by atoms with Crippen molar-refractivity contribution in [3.05, 3.63) is 0 Å². The summed E-state index contributed by atoms with van der Waals surface area (Å²) in [5.74, 6) is 5.89. The maximum Gasteiger partial charge on any atom is 0.0777 e. The summed E-state index contributed by atoms with van der Waals surface area (Å²) in [6.07, 6.45) is 5.21. The van der Waals surface area contributed by atoms with Gasteiger partial charge in [-0.25, -0.2) is 0 Å². The molecular formula is C11H16OS. The van der Waals surface area contributed by atoms with Gasteiger partial charge in [-0.05, 0) is 32.6 Å². The summed E-state index contributed by atoms with van der Waals surface area (Å²) in [5, 5.41) is 11.7. The molecule has 2 fully saturated rings. The Morgan fingerprint density at radius 3 is 2.54 bits per heavy atom. The number of thioether (sulfide) groups is 1. The molecule has 0 saturated carbocycles. The zero-order valence-electron chi connectivity index (χ0n) is 8.05. The average Bonchev–Trinajstić information content (AvgIpc) is 2.43. The van der Waals surface area contributed by atoms with E-state index < -0.39 is 5.60 Å². The molecule has 2 bridgehead atoms. The van der Waals surface area contributed by atoms with Crippen molar-refractivity contribution in [2.75, 3.05) is 0 Å². The highest BCUT2D eigenvalue weighted by atomic mass is 32.2. The minimum Gasteiger partial charge on any atom is -0.389 e. The average molecular weight is 196 g/mol. The van der Waals surface area contributed by atoms with Gasteiger partial charge in [0.1, 0.15) is 0 Å². The summed E-state index contributed by atoms with van der Waals surface area (Å²) in [6.45, 7) is 1.84. The van der Waals surface area contributed by atoms with Crippen molar-refractivity contribution in [1.82, 2.24) is 0 Å². The third-order valence-electron chi connectivity index (χ3n) is 3.01. The monoisotopic (exact) mass is 196 g/mol. The minimum absolute atomic E-state index is 0.458. The van der Waals surface area contributed by atoms with Gasteiger partial charge in [0.2, 0.25) is 0 Å². The minimum atomic E-state index is -0.458. The van der Waals surface area contributed by atoms with E-state index in [4.69, 9.17) is 0 Å². The van der Waals surface area contributed by atoms with Gasteiger partial charge in [0.15, 0.2) is 0 Å². The summed E-state index contributed by atoms with van der Waals surface area (Å²) in [6, 6.07) is 0. The summed E-state index contributed by atoms with van der Waals surface area (Å²) < 4.78 is 0. The molecule has 2 atom stereocenters. The van der Waals surface area contributed by atoms with Crippen LogP contribution in [-0.4, -0.2) is 21.2 Å². The van der Waals surface area contributed by atoms with Gasteiger partial charge in [-0.2, -0.15) is 11.8 Å². The smallest absolute Gasteiger partial charge is 0.0777 e. The first-order valence-corrected chi connectivity index (χ1v) is 5.94. The van der Waals surface area contributed by atoms with Crippen molar-refractivity contribution in [3.63, 3.8) is 0 Å². The van der Waals surface area contributed by atoms with Crippen LogP contribution in [0.15, 0.2) is 0 Å². The Morgan fingerprint density at radius 1 is 1.38 bits per heavy atom. The number of hydrogen-bond donors (Lipinski definition) is 1. The van der Waals surface area contributed by atoms with Gasteiger partial charge in [0, 0.05) is 16.9 Å². The molecule has 0 aromatic heterocycles. The van der Waals surface area contributed by atoms with E-state index in [1.165, 1.54) is 12.8 Å². The lowest BCUT2D eigenvalue weighted by Crippen LogP contribution is -2.36. The summed E-state index contributed by atoms with van der Waals surface area (Å²) >= 11 is 2.08. The van der Waals surface area contributed by atoms with Gasteiger partial charge >= 0.3 is 0 Å². The van der Waals surface area contributed by atoms with Crippen LogP contribution < -0.4 is 0 Å². The quantitative estimate of drug-likeness (QED) is 0.649. The highest BCUT2D eigenvalue weighted by Crippen LogP contribution is 2.48. The first-order valence-electron chi connectivity index (χ1n) is 4.99. The Hall–Kier alpha value is -0.130. The largest absolute Gasteiger partial charge is 0.389 e. The van der Waals surface area contributed by atoms with Crippen LogP contribution in [-0.2, 0) is 0 Å². The van der Waals surface area contributed by atoms with Gasteiger partial charge in [-0.15, -0.1) is 11.8 Å². The van der Waals surface area contributed by atoms with Gasteiger partial charge in [-0.1, -0.05) is 0 Å². The normalized spacial score (nSPS) is 42.6. The Bertz CT molecular complexity index is 239.